The highest BCUT2D eigenvalue weighted by atomic mass is 32.2. The molecule has 0 aliphatic carbocycles. The van der Waals surface area contributed by atoms with Crippen LogP contribution in [-0.4, -0.2) is 20.5 Å². The standard InChI is InChI=1S/C16H16FN3O3S/c1-9-3-6-14-13(7-9)18-15(20-24(14,22)23)16(21)19-12-5-4-11(17)8-10(12)2/h3-8,15,18,20H,1-2H3,(H,19,21)/t15-/m1/s1. The summed E-state index contributed by atoms with van der Waals surface area (Å²) in [4.78, 5) is 12.5. The highest BCUT2D eigenvalue weighted by Gasteiger charge is 2.33. The van der Waals surface area contributed by atoms with Gasteiger partial charge in [-0.1, -0.05) is 6.07 Å². The molecule has 0 radical (unpaired) electrons. The zero-order valence-corrected chi connectivity index (χ0v) is 13.9. The first-order valence-corrected chi connectivity index (χ1v) is 8.71. The number of nitrogens with one attached hydrogen (secondary N) is 3. The maximum absolute atomic E-state index is 13.1. The number of benzene rings is 2. The van der Waals surface area contributed by atoms with Gasteiger partial charge in [0.2, 0.25) is 10.0 Å². The van der Waals surface area contributed by atoms with Crippen LogP contribution < -0.4 is 15.4 Å². The van der Waals surface area contributed by atoms with Crippen molar-refractivity contribution in [3.63, 3.8) is 0 Å². The van der Waals surface area contributed by atoms with E-state index in [1.54, 1.807) is 19.1 Å². The van der Waals surface area contributed by atoms with Crippen molar-refractivity contribution in [3.8, 4) is 0 Å². The summed E-state index contributed by atoms with van der Waals surface area (Å²) in [5, 5.41) is 5.46. The SMILES string of the molecule is Cc1ccc2c(c1)N[C@@H](C(=O)Nc1ccc(F)cc1C)NS2(=O)=O. The zero-order valence-electron chi connectivity index (χ0n) is 13.1. The van der Waals surface area contributed by atoms with Crippen LogP contribution in [0, 0.1) is 19.7 Å². The lowest BCUT2D eigenvalue weighted by Gasteiger charge is -2.27. The number of hydrogen-bond donors (Lipinski definition) is 3. The Morgan fingerprint density at radius 1 is 1.17 bits per heavy atom. The van der Waals surface area contributed by atoms with Crippen LogP contribution in [-0.2, 0) is 14.8 Å². The van der Waals surface area contributed by atoms with Gasteiger partial charge in [-0.25, -0.2) is 12.8 Å². The third-order valence-electron chi connectivity index (χ3n) is 3.71. The number of amides is 1. The van der Waals surface area contributed by atoms with Gasteiger partial charge < -0.3 is 10.6 Å². The predicted octanol–water partition coefficient (Wildman–Crippen LogP) is 2.11. The Morgan fingerprint density at radius 2 is 1.92 bits per heavy atom. The largest absolute Gasteiger partial charge is 0.360 e. The molecule has 0 saturated carbocycles. The molecule has 0 unspecified atom stereocenters. The molecule has 0 bridgehead atoms. The summed E-state index contributed by atoms with van der Waals surface area (Å²) in [5.41, 5.74) is 2.19. The zero-order chi connectivity index (χ0) is 17.5. The maximum atomic E-state index is 13.1. The minimum atomic E-state index is -3.80. The predicted molar refractivity (Wildman–Crippen MR) is 88.7 cm³/mol. The fourth-order valence-corrected chi connectivity index (χ4v) is 3.74. The van der Waals surface area contributed by atoms with Gasteiger partial charge in [0, 0.05) is 5.69 Å². The Morgan fingerprint density at radius 3 is 2.62 bits per heavy atom. The molecule has 0 saturated heterocycles. The minimum Gasteiger partial charge on any atom is -0.360 e. The summed E-state index contributed by atoms with van der Waals surface area (Å²) in [7, 11) is -3.80. The van der Waals surface area contributed by atoms with Crippen LogP contribution in [0.4, 0.5) is 15.8 Å². The van der Waals surface area contributed by atoms with Gasteiger partial charge in [-0.3, -0.25) is 4.79 Å². The van der Waals surface area contributed by atoms with Gasteiger partial charge in [-0.05, 0) is 55.3 Å². The van der Waals surface area contributed by atoms with Crippen molar-refractivity contribution in [1.82, 2.24) is 4.72 Å². The Balaban J connectivity index is 1.87. The van der Waals surface area contributed by atoms with Crippen LogP contribution in [0.1, 0.15) is 11.1 Å². The monoisotopic (exact) mass is 349 g/mol. The second kappa shape index (κ2) is 5.88. The molecule has 1 amide bonds. The van der Waals surface area contributed by atoms with E-state index in [9.17, 15) is 17.6 Å². The van der Waals surface area contributed by atoms with Crippen LogP contribution >= 0.6 is 0 Å². The summed E-state index contributed by atoms with van der Waals surface area (Å²) in [6, 6.07) is 8.77. The Kier molecular flexibility index (Phi) is 4.02. The van der Waals surface area contributed by atoms with Crippen molar-refractivity contribution in [2.24, 2.45) is 0 Å². The summed E-state index contributed by atoms with van der Waals surface area (Å²) in [5.74, 6) is -0.994. The molecule has 2 aromatic carbocycles. The molecule has 8 heteroatoms. The fraction of sp³-hybridized carbons (Fsp3) is 0.188. The Labute approximate surface area is 139 Å². The van der Waals surface area contributed by atoms with E-state index in [1.165, 1.54) is 24.3 Å². The fourth-order valence-electron chi connectivity index (χ4n) is 2.49. The van der Waals surface area contributed by atoms with E-state index < -0.39 is 27.9 Å². The van der Waals surface area contributed by atoms with Gasteiger partial charge in [0.25, 0.3) is 5.91 Å². The number of carbonyl (C=O) groups is 1. The van der Waals surface area contributed by atoms with Gasteiger partial charge in [-0.15, -0.1) is 0 Å². The molecular weight excluding hydrogens is 333 g/mol. The van der Waals surface area contributed by atoms with E-state index in [4.69, 9.17) is 0 Å². The number of hydrogen-bond acceptors (Lipinski definition) is 4. The summed E-state index contributed by atoms with van der Waals surface area (Å²) >= 11 is 0. The summed E-state index contributed by atoms with van der Waals surface area (Å²) in [6.45, 7) is 3.48. The first-order valence-electron chi connectivity index (χ1n) is 7.23. The van der Waals surface area contributed by atoms with Gasteiger partial charge in [0.15, 0.2) is 6.17 Å². The number of sulfonamides is 1. The molecule has 126 valence electrons. The van der Waals surface area contributed by atoms with Gasteiger partial charge in [0.1, 0.15) is 10.7 Å². The summed E-state index contributed by atoms with van der Waals surface area (Å²) in [6.07, 6.45) is -1.16. The molecule has 1 aliphatic rings. The van der Waals surface area contributed by atoms with E-state index in [1.807, 2.05) is 6.92 Å². The van der Waals surface area contributed by atoms with Crippen molar-refractivity contribution in [2.45, 2.75) is 24.9 Å². The molecular formula is C16H16FN3O3S. The van der Waals surface area contributed by atoms with E-state index in [2.05, 4.69) is 15.4 Å². The van der Waals surface area contributed by atoms with Gasteiger partial charge in [-0.2, -0.15) is 4.72 Å². The minimum absolute atomic E-state index is 0.0927. The van der Waals surface area contributed by atoms with Crippen molar-refractivity contribution >= 4 is 27.3 Å². The smallest absolute Gasteiger partial charge is 0.262 e. The quantitative estimate of drug-likeness (QED) is 0.775. The molecule has 1 aliphatic heterocycles. The van der Waals surface area contributed by atoms with Crippen LogP contribution in [0.5, 0.6) is 0 Å². The summed E-state index contributed by atoms with van der Waals surface area (Å²) < 4.78 is 40.0. The third-order valence-corrected chi connectivity index (χ3v) is 5.19. The molecule has 0 spiro atoms. The molecule has 0 fully saturated rings. The maximum Gasteiger partial charge on any atom is 0.262 e. The van der Waals surface area contributed by atoms with Crippen molar-refractivity contribution < 1.29 is 17.6 Å². The van der Waals surface area contributed by atoms with Gasteiger partial charge in [0.05, 0.1) is 5.69 Å². The van der Waals surface area contributed by atoms with E-state index in [0.29, 0.717) is 16.9 Å². The van der Waals surface area contributed by atoms with Crippen LogP contribution in [0.25, 0.3) is 0 Å². The Bertz CT molecular complexity index is 928. The van der Waals surface area contributed by atoms with Crippen LogP contribution in [0.2, 0.25) is 0 Å². The molecule has 3 rings (SSSR count). The molecule has 1 atom stereocenters. The lowest BCUT2D eigenvalue weighted by molar-refractivity contribution is -0.117. The van der Waals surface area contributed by atoms with Crippen molar-refractivity contribution in [2.75, 3.05) is 10.6 Å². The molecule has 0 aromatic heterocycles. The van der Waals surface area contributed by atoms with E-state index >= 15 is 0 Å². The van der Waals surface area contributed by atoms with Crippen molar-refractivity contribution in [1.29, 1.82) is 0 Å². The average molecular weight is 349 g/mol. The number of halogens is 1. The lowest BCUT2D eigenvalue weighted by atomic mass is 10.2. The molecule has 2 aromatic rings. The number of anilines is 2. The normalized spacial score (nSPS) is 18.4. The first-order chi connectivity index (χ1) is 11.3. The number of rotatable bonds is 2. The van der Waals surface area contributed by atoms with Crippen LogP contribution in [0.15, 0.2) is 41.3 Å². The lowest BCUT2D eigenvalue weighted by Crippen LogP contribution is -2.51. The number of carbonyl (C=O) groups excluding carboxylic acids is 1. The third kappa shape index (κ3) is 3.10. The van der Waals surface area contributed by atoms with Crippen LogP contribution in [0.3, 0.4) is 0 Å². The topological polar surface area (TPSA) is 87.3 Å². The Hall–Kier alpha value is -2.45. The van der Waals surface area contributed by atoms with E-state index in [-0.39, 0.29) is 4.90 Å². The average Bonchev–Trinajstić information content (AvgIpc) is 2.48. The number of aryl methyl sites for hydroxylation is 2. The highest BCUT2D eigenvalue weighted by Crippen LogP contribution is 2.27. The molecule has 3 N–H and O–H groups in total. The first kappa shape index (κ1) is 16.4. The van der Waals surface area contributed by atoms with E-state index in [0.717, 1.165) is 5.56 Å². The second-order valence-corrected chi connectivity index (χ2v) is 7.33. The van der Waals surface area contributed by atoms with Gasteiger partial charge >= 0.3 is 0 Å². The highest BCUT2D eigenvalue weighted by molar-refractivity contribution is 7.89. The second-order valence-electron chi connectivity index (χ2n) is 5.65. The number of fused-ring (bicyclic) bond motifs is 1. The molecule has 24 heavy (non-hydrogen) atoms. The molecule has 6 nitrogen and oxygen atoms in total. The molecule has 1 heterocycles. The van der Waals surface area contributed by atoms with Crippen molar-refractivity contribution in [3.05, 3.63) is 53.3 Å².